The highest BCUT2D eigenvalue weighted by molar-refractivity contribution is 6.38. The quantitative estimate of drug-likeness (QED) is 0.123. The maximum Gasteiger partial charge on any atom is 0.329 e. The van der Waals surface area contributed by atoms with Gasteiger partial charge in [0.15, 0.2) is 0 Å². The molecule has 6 atom stereocenters. The van der Waals surface area contributed by atoms with Crippen LogP contribution in [0, 0.1) is 34.5 Å². The summed E-state index contributed by atoms with van der Waals surface area (Å²) in [5.41, 5.74) is -1.51. The van der Waals surface area contributed by atoms with E-state index in [1.807, 2.05) is 20.8 Å². The molecule has 0 radical (unpaired) electrons. The van der Waals surface area contributed by atoms with Crippen LogP contribution in [-0.4, -0.2) is 83.3 Å². The fourth-order valence-corrected chi connectivity index (χ4v) is 7.92. The largest absolute Gasteiger partial charge is 0.458 e. The van der Waals surface area contributed by atoms with Crippen molar-refractivity contribution in [2.24, 2.45) is 34.5 Å². The second-order valence-corrected chi connectivity index (χ2v) is 17.0. The van der Waals surface area contributed by atoms with Crippen LogP contribution in [-0.2, 0) is 28.7 Å². The second kappa shape index (κ2) is 14.8. The molecular formula is C37H59N5O7. The highest BCUT2D eigenvalue weighted by Gasteiger charge is 2.70. The normalized spacial score (nSPS) is 25.6. The number of likely N-dealkylation sites (tertiary alicyclic amines) is 1. The second-order valence-electron chi connectivity index (χ2n) is 17.0. The molecule has 49 heavy (non-hydrogen) atoms. The van der Waals surface area contributed by atoms with E-state index in [1.54, 1.807) is 25.7 Å². The van der Waals surface area contributed by atoms with Crippen LogP contribution in [0.5, 0.6) is 0 Å². The van der Waals surface area contributed by atoms with Crippen LogP contribution >= 0.6 is 0 Å². The fraction of sp³-hybridized carbons (Fsp3) is 0.784. The maximum absolute atomic E-state index is 14.7. The molecule has 0 aromatic rings. The van der Waals surface area contributed by atoms with Crippen molar-refractivity contribution in [1.82, 2.24) is 26.2 Å². The summed E-state index contributed by atoms with van der Waals surface area (Å²) in [4.78, 5) is 83.0. The average Bonchev–Trinajstić information content (AvgIpc) is 3.87. The Morgan fingerprint density at radius 1 is 0.959 bits per heavy atom. The summed E-state index contributed by atoms with van der Waals surface area (Å²) >= 11 is 0. The number of esters is 1. The molecule has 0 bridgehead atoms. The van der Waals surface area contributed by atoms with E-state index >= 15 is 0 Å². The number of Topliss-reactive ketones (excluding diaryl/α,β-unsaturated/α-hetero) is 1. The molecule has 12 heteroatoms. The van der Waals surface area contributed by atoms with E-state index < -0.39 is 64.8 Å². The van der Waals surface area contributed by atoms with Crippen LogP contribution in [0.2, 0.25) is 0 Å². The number of urea groups is 1. The molecule has 3 aliphatic carbocycles. The summed E-state index contributed by atoms with van der Waals surface area (Å²) < 4.78 is 5.56. The highest BCUT2D eigenvalue weighted by Crippen LogP contribution is 2.65. The van der Waals surface area contributed by atoms with Crippen LogP contribution in [0.15, 0.2) is 12.7 Å². The first-order valence-corrected chi connectivity index (χ1v) is 18.1. The number of ether oxygens (including phenoxy) is 1. The minimum Gasteiger partial charge on any atom is -0.458 e. The van der Waals surface area contributed by atoms with E-state index in [0.717, 1.165) is 32.1 Å². The van der Waals surface area contributed by atoms with Crippen molar-refractivity contribution in [3.63, 3.8) is 0 Å². The number of carbonyl (C=O) groups is 6. The number of piperidine rings is 1. The molecule has 274 valence electrons. The predicted octanol–water partition coefficient (Wildman–Crippen LogP) is 3.63. The van der Waals surface area contributed by atoms with Crippen molar-refractivity contribution in [2.75, 3.05) is 13.1 Å². The Labute approximate surface area is 291 Å². The molecule has 5 amide bonds. The van der Waals surface area contributed by atoms with Crippen molar-refractivity contribution in [3.8, 4) is 0 Å². The third-order valence-electron chi connectivity index (χ3n) is 11.1. The predicted molar refractivity (Wildman–Crippen MR) is 185 cm³/mol. The molecule has 4 N–H and O–H groups in total. The monoisotopic (exact) mass is 685 g/mol. The zero-order valence-electron chi connectivity index (χ0n) is 30.8. The van der Waals surface area contributed by atoms with Crippen molar-refractivity contribution in [1.29, 1.82) is 0 Å². The molecule has 4 fully saturated rings. The zero-order valence-corrected chi connectivity index (χ0v) is 30.8. The molecule has 1 aliphatic heterocycles. The number of fused-ring (bicyclic) bond motifs is 1. The number of hydrogen-bond acceptors (Lipinski definition) is 7. The highest BCUT2D eigenvalue weighted by atomic mass is 16.6. The lowest BCUT2D eigenvalue weighted by atomic mass is 9.70. The number of ketones is 1. The zero-order chi connectivity index (χ0) is 36.5. The van der Waals surface area contributed by atoms with Crippen LogP contribution in [0.3, 0.4) is 0 Å². The van der Waals surface area contributed by atoms with E-state index in [0.29, 0.717) is 25.8 Å². The lowest BCUT2D eigenvalue weighted by Gasteiger charge is -2.43. The molecule has 3 saturated carbocycles. The first-order valence-electron chi connectivity index (χ1n) is 18.1. The van der Waals surface area contributed by atoms with E-state index in [-0.39, 0.29) is 41.5 Å². The van der Waals surface area contributed by atoms with Gasteiger partial charge in [-0.1, -0.05) is 72.8 Å². The van der Waals surface area contributed by atoms with Crippen molar-refractivity contribution in [2.45, 2.75) is 137 Å². The van der Waals surface area contributed by atoms with Gasteiger partial charge in [-0.3, -0.25) is 19.2 Å². The van der Waals surface area contributed by atoms with Gasteiger partial charge in [-0.2, -0.15) is 0 Å². The summed E-state index contributed by atoms with van der Waals surface area (Å²) in [5.74, 6) is -2.93. The number of nitrogens with zero attached hydrogens (tertiary/aromatic N) is 1. The smallest absolute Gasteiger partial charge is 0.329 e. The van der Waals surface area contributed by atoms with Crippen molar-refractivity contribution < 1.29 is 33.5 Å². The van der Waals surface area contributed by atoms with Gasteiger partial charge in [-0.25, -0.2) is 9.59 Å². The van der Waals surface area contributed by atoms with Gasteiger partial charge in [-0.15, -0.1) is 6.58 Å². The molecule has 0 aromatic heterocycles. The summed E-state index contributed by atoms with van der Waals surface area (Å²) in [6, 6.07) is -4.40. The van der Waals surface area contributed by atoms with Gasteiger partial charge in [0.1, 0.15) is 23.7 Å². The van der Waals surface area contributed by atoms with E-state index in [9.17, 15) is 28.8 Å². The fourth-order valence-electron chi connectivity index (χ4n) is 7.92. The Morgan fingerprint density at radius 3 is 2.14 bits per heavy atom. The topological polar surface area (TPSA) is 163 Å². The van der Waals surface area contributed by atoms with Crippen molar-refractivity contribution >= 4 is 35.5 Å². The Hall–Kier alpha value is -3.44. The molecule has 1 heterocycles. The number of carbonyl (C=O) groups excluding carboxylic acids is 6. The molecule has 1 saturated heterocycles. The van der Waals surface area contributed by atoms with E-state index in [1.165, 1.54) is 6.08 Å². The summed E-state index contributed by atoms with van der Waals surface area (Å²) in [7, 11) is 0. The molecule has 12 nitrogen and oxygen atoms in total. The van der Waals surface area contributed by atoms with Crippen LogP contribution in [0.1, 0.15) is 107 Å². The first-order chi connectivity index (χ1) is 22.8. The molecule has 1 unspecified atom stereocenters. The summed E-state index contributed by atoms with van der Waals surface area (Å²) in [6.07, 6.45) is 7.96. The summed E-state index contributed by atoms with van der Waals surface area (Å²) in [6.45, 7) is 19.1. The van der Waals surface area contributed by atoms with Gasteiger partial charge in [0.2, 0.25) is 17.6 Å². The van der Waals surface area contributed by atoms with E-state index in [4.69, 9.17) is 4.74 Å². The Balaban J connectivity index is 1.58. The van der Waals surface area contributed by atoms with E-state index in [2.05, 4.69) is 41.7 Å². The van der Waals surface area contributed by atoms with Gasteiger partial charge in [-0.05, 0) is 74.5 Å². The average molecular weight is 686 g/mol. The lowest BCUT2D eigenvalue weighted by Crippen LogP contribution is -2.63. The molecular weight excluding hydrogens is 626 g/mol. The van der Waals surface area contributed by atoms with Gasteiger partial charge in [0.05, 0.1) is 6.04 Å². The molecule has 4 aliphatic rings. The number of nitrogens with one attached hydrogen (secondary N) is 4. The van der Waals surface area contributed by atoms with Crippen LogP contribution in [0.25, 0.3) is 0 Å². The van der Waals surface area contributed by atoms with Gasteiger partial charge in [0.25, 0.3) is 5.91 Å². The van der Waals surface area contributed by atoms with Gasteiger partial charge in [0, 0.05) is 13.1 Å². The van der Waals surface area contributed by atoms with Crippen LogP contribution in [0.4, 0.5) is 4.79 Å². The molecule has 0 spiro atoms. The Kier molecular flexibility index (Phi) is 11.6. The number of amides is 5. The third kappa shape index (κ3) is 9.03. The first kappa shape index (κ1) is 38.4. The third-order valence-corrected chi connectivity index (χ3v) is 11.1. The number of rotatable bonds is 14. The Morgan fingerprint density at radius 2 is 1.59 bits per heavy atom. The Bertz CT molecular complexity index is 1310. The molecule has 4 rings (SSSR count). The SMILES string of the molecule is C=CCNC(=O)C(=O)C(CC1CC1)NC(=O)[C@@H]1[C@@H]2[C@H](CN1C(=O)[C@@H](NC(=O)N[C@H](C(=O)OC(C)(C)C)C(C)C)C1(C)CCCCC1)C2(C)C. The van der Waals surface area contributed by atoms with Crippen LogP contribution < -0.4 is 21.3 Å². The summed E-state index contributed by atoms with van der Waals surface area (Å²) in [5, 5.41) is 11.1. The van der Waals surface area contributed by atoms with Gasteiger partial charge >= 0.3 is 12.0 Å². The minimum absolute atomic E-state index is 0.0757. The van der Waals surface area contributed by atoms with Gasteiger partial charge < -0.3 is 30.9 Å². The lowest BCUT2D eigenvalue weighted by molar-refractivity contribution is -0.158. The maximum atomic E-state index is 14.7. The molecule has 0 aromatic carbocycles. The number of hydrogen-bond donors (Lipinski definition) is 4. The van der Waals surface area contributed by atoms with Crippen molar-refractivity contribution in [3.05, 3.63) is 12.7 Å². The standard InChI is InChI=1S/C37H59N5O7/c1-10-18-38-31(45)28(43)24(19-22-14-15-22)39-30(44)27-25-23(36(25,7)8)20-42(27)32(46)29(37(9)16-12-11-13-17-37)41-34(48)40-26(21(2)3)33(47)49-35(4,5)6/h10,21-27,29H,1,11-20H2,2-9H3,(H,38,45)(H,39,44)(H2,40,41,48)/t23-,24?,25-,26-,27-,29+/m0/s1. The minimum atomic E-state index is -1.00.